The normalized spacial score (nSPS) is 20.6. The van der Waals surface area contributed by atoms with Crippen molar-refractivity contribution in [1.82, 2.24) is 0 Å². The second-order valence-corrected chi connectivity index (χ2v) is 4.73. The highest BCUT2D eigenvalue weighted by Gasteiger charge is 2.26. The molecule has 1 rings (SSSR count). The first-order valence-electron chi connectivity index (χ1n) is 3.96. The molecule has 0 aromatic carbocycles. The van der Waals surface area contributed by atoms with Gasteiger partial charge < -0.3 is 4.74 Å². The minimum absolute atomic E-state index is 0.0116. The predicted octanol–water partition coefficient (Wildman–Crippen LogP) is 2.37. The number of cyclic esters (lactones) is 1. The zero-order chi connectivity index (χ0) is 10.7. The van der Waals surface area contributed by atoms with Crippen molar-refractivity contribution in [2.45, 2.75) is 19.1 Å². The molecule has 0 aromatic rings. The van der Waals surface area contributed by atoms with E-state index in [0.717, 1.165) is 11.8 Å². The number of hydrogen-bond donors (Lipinski definition) is 0. The van der Waals surface area contributed by atoms with E-state index in [2.05, 4.69) is 15.9 Å². The summed E-state index contributed by atoms with van der Waals surface area (Å²) in [7, 11) is 0. The standard InChI is InChI=1S/C9H9BrO3S/c1-5(14-6(2)11)8-3-7(4-10)13-9(8)12/h3-5H,1-2H3/b7-4+. The molecular formula is C9H9BrO3S. The highest BCUT2D eigenvalue weighted by Crippen LogP contribution is 2.27. The van der Waals surface area contributed by atoms with Crippen molar-refractivity contribution in [1.29, 1.82) is 0 Å². The molecule has 0 N–H and O–H groups in total. The van der Waals surface area contributed by atoms with Gasteiger partial charge in [-0.05, 0) is 13.0 Å². The van der Waals surface area contributed by atoms with Gasteiger partial charge in [-0.25, -0.2) is 4.79 Å². The third-order valence-corrected chi connectivity index (χ3v) is 3.02. The molecule has 1 aliphatic rings. The zero-order valence-corrected chi connectivity index (χ0v) is 10.1. The molecule has 0 saturated carbocycles. The van der Waals surface area contributed by atoms with E-state index in [9.17, 15) is 9.59 Å². The molecule has 0 saturated heterocycles. The minimum Gasteiger partial charge on any atom is -0.423 e. The average Bonchev–Trinajstić information content (AvgIpc) is 2.45. The predicted molar refractivity (Wildman–Crippen MR) is 58.9 cm³/mol. The SMILES string of the molecule is CC(=O)SC(C)C1=C/C(=C\Br)OC1=O. The van der Waals surface area contributed by atoms with Crippen molar-refractivity contribution >= 4 is 38.8 Å². The summed E-state index contributed by atoms with van der Waals surface area (Å²) in [5.74, 6) is 0.0953. The maximum atomic E-state index is 11.3. The van der Waals surface area contributed by atoms with E-state index in [0.29, 0.717) is 11.3 Å². The molecule has 76 valence electrons. The van der Waals surface area contributed by atoms with Crippen LogP contribution in [0.4, 0.5) is 0 Å². The summed E-state index contributed by atoms with van der Waals surface area (Å²) in [4.78, 5) is 23.6. The lowest BCUT2D eigenvalue weighted by atomic mass is 10.2. The van der Waals surface area contributed by atoms with Gasteiger partial charge in [-0.15, -0.1) is 0 Å². The van der Waals surface area contributed by atoms with Crippen LogP contribution < -0.4 is 0 Å². The molecule has 0 aromatic heterocycles. The largest absolute Gasteiger partial charge is 0.423 e. The number of esters is 1. The number of allylic oxidation sites excluding steroid dienone is 1. The summed E-state index contributed by atoms with van der Waals surface area (Å²) in [6, 6.07) is 0. The average molecular weight is 277 g/mol. The third-order valence-electron chi connectivity index (χ3n) is 1.63. The van der Waals surface area contributed by atoms with Crippen LogP contribution in [0.2, 0.25) is 0 Å². The van der Waals surface area contributed by atoms with Gasteiger partial charge in [0.05, 0.1) is 5.57 Å². The molecule has 14 heavy (non-hydrogen) atoms. The number of hydrogen-bond acceptors (Lipinski definition) is 4. The number of ether oxygens (including phenoxy) is 1. The van der Waals surface area contributed by atoms with E-state index in [4.69, 9.17) is 4.74 Å². The Labute approximate surface area is 94.7 Å². The van der Waals surface area contributed by atoms with E-state index in [1.54, 1.807) is 13.0 Å². The van der Waals surface area contributed by atoms with E-state index in [-0.39, 0.29) is 16.3 Å². The summed E-state index contributed by atoms with van der Waals surface area (Å²) in [6.45, 7) is 3.28. The molecule has 0 bridgehead atoms. The van der Waals surface area contributed by atoms with Crippen LogP contribution in [-0.4, -0.2) is 16.3 Å². The van der Waals surface area contributed by atoms with Gasteiger partial charge in [-0.1, -0.05) is 27.7 Å². The Kier molecular flexibility index (Phi) is 3.95. The number of carbonyl (C=O) groups is 2. The van der Waals surface area contributed by atoms with Crippen LogP contribution in [0.15, 0.2) is 22.4 Å². The van der Waals surface area contributed by atoms with Gasteiger partial charge in [-0.2, -0.15) is 0 Å². The molecule has 3 nitrogen and oxygen atoms in total. The molecule has 0 amide bonds. The maximum Gasteiger partial charge on any atom is 0.340 e. The van der Waals surface area contributed by atoms with Crippen LogP contribution >= 0.6 is 27.7 Å². The Balaban J connectivity index is 2.77. The summed E-state index contributed by atoms with van der Waals surface area (Å²) < 4.78 is 4.88. The topological polar surface area (TPSA) is 43.4 Å². The van der Waals surface area contributed by atoms with Gasteiger partial charge in [0.15, 0.2) is 5.12 Å². The van der Waals surface area contributed by atoms with Gasteiger partial charge >= 0.3 is 5.97 Å². The molecule has 1 heterocycles. The van der Waals surface area contributed by atoms with Crippen LogP contribution in [-0.2, 0) is 14.3 Å². The monoisotopic (exact) mass is 276 g/mol. The van der Waals surface area contributed by atoms with Gasteiger partial charge in [0.25, 0.3) is 0 Å². The van der Waals surface area contributed by atoms with Crippen molar-refractivity contribution in [2.75, 3.05) is 0 Å². The highest BCUT2D eigenvalue weighted by molar-refractivity contribution is 9.11. The lowest BCUT2D eigenvalue weighted by Crippen LogP contribution is -2.10. The summed E-state index contributed by atoms with van der Waals surface area (Å²) >= 11 is 4.19. The molecular weight excluding hydrogens is 268 g/mol. The van der Waals surface area contributed by atoms with E-state index < -0.39 is 0 Å². The van der Waals surface area contributed by atoms with Gasteiger partial charge in [-0.3, -0.25) is 4.79 Å². The van der Waals surface area contributed by atoms with E-state index >= 15 is 0 Å². The summed E-state index contributed by atoms with van der Waals surface area (Å²) in [6.07, 6.45) is 1.64. The zero-order valence-electron chi connectivity index (χ0n) is 7.74. The fourth-order valence-electron chi connectivity index (χ4n) is 1.06. The molecule has 0 fully saturated rings. The lowest BCUT2D eigenvalue weighted by Gasteiger charge is -2.06. The number of rotatable bonds is 2. The van der Waals surface area contributed by atoms with Crippen molar-refractivity contribution in [3.05, 3.63) is 22.4 Å². The van der Waals surface area contributed by atoms with E-state index in [1.807, 2.05) is 0 Å². The second-order valence-electron chi connectivity index (χ2n) is 2.75. The highest BCUT2D eigenvalue weighted by atomic mass is 79.9. The van der Waals surface area contributed by atoms with Crippen molar-refractivity contribution in [3.8, 4) is 0 Å². The first-order chi connectivity index (χ1) is 6.54. The van der Waals surface area contributed by atoms with Crippen molar-refractivity contribution in [2.24, 2.45) is 0 Å². The van der Waals surface area contributed by atoms with Crippen molar-refractivity contribution < 1.29 is 14.3 Å². The van der Waals surface area contributed by atoms with Crippen LogP contribution in [0.3, 0.4) is 0 Å². The third kappa shape index (κ3) is 2.72. The first kappa shape index (κ1) is 11.5. The summed E-state index contributed by atoms with van der Waals surface area (Å²) in [5.41, 5.74) is 0.524. The maximum absolute atomic E-state index is 11.3. The molecule has 0 radical (unpaired) electrons. The van der Waals surface area contributed by atoms with Crippen LogP contribution in [0.1, 0.15) is 13.8 Å². The lowest BCUT2D eigenvalue weighted by molar-refractivity contribution is -0.133. The Bertz CT molecular complexity index is 333. The molecule has 1 unspecified atom stereocenters. The Morgan fingerprint density at radius 1 is 1.71 bits per heavy atom. The Morgan fingerprint density at radius 3 is 2.79 bits per heavy atom. The quantitative estimate of drug-likeness (QED) is 0.727. The molecule has 1 aliphatic heterocycles. The second kappa shape index (κ2) is 4.79. The van der Waals surface area contributed by atoms with Crippen LogP contribution in [0.25, 0.3) is 0 Å². The minimum atomic E-state index is -0.378. The van der Waals surface area contributed by atoms with Gasteiger partial charge in [0.2, 0.25) is 0 Å². The fourth-order valence-corrected chi connectivity index (χ4v) is 2.07. The molecule has 0 aliphatic carbocycles. The number of halogens is 1. The first-order valence-corrected chi connectivity index (χ1v) is 5.75. The number of thioether (sulfide) groups is 1. The smallest absolute Gasteiger partial charge is 0.340 e. The van der Waals surface area contributed by atoms with Gasteiger partial charge in [0, 0.05) is 17.2 Å². The molecule has 5 heteroatoms. The molecule has 1 atom stereocenters. The Hall–Kier alpha value is -0.550. The Morgan fingerprint density at radius 2 is 2.36 bits per heavy atom. The fraction of sp³-hybridized carbons (Fsp3) is 0.333. The number of carbonyl (C=O) groups excluding carboxylic acids is 2. The van der Waals surface area contributed by atoms with E-state index in [1.165, 1.54) is 11.9 Å². The van der Waals surface area contributed by atoms with Gasteiger partial charge in [0.1, 0.15) is 5.76 Å². The van der Waals surface area contributed by atoms with Crippen molar-refractivity contribution in [3.63, 3.8) is 0 Å². The summed E-state index contributed by atoms with van der Waals surface area (Å²) in [5, 5.41) is -0.174. The molecule has 0 spiro atoms. The van der Waals surface area contributed by atoms with Crippen LogP contribution in [0, 0.1) is 0 Å². The van der Waals surface area contributed by atoms with Crippen LogP contribution in [0.5, 0.6) is 0 Å².